The van der Waals surface area contributed by atoms with Crippen LogP contribution in [-0.2, 0) is 10.0 Å². The highest BCUT2D eigenvalue weighted by Crippen LogP contribution is 2.26. The quantitative estimate of drug-likeness (QED) is 0.355. The molecule has 0 unspecified atom stereocenters. The molecule has 32 heavy (non-hydrogen) atoms. The third kappa shape index (κ3) is 5.86. The number of anilines is 1. The van der Waals surface area contributed by atoms with E-state index in [1.165, 1.54) is 48.7 Å². The number of rotatable bonds is 8. The second-order valence-electron chi connectivity index (χ2n) is 6.86. The topological polar surface area (TPSA) is 117 Å². The number of carbonyl (C=O) groups is 1. The number of hydrogen-bond acceptors (Lipinski definition) is 6. The van der Waals surface area contributed by atoms with E-state index in [0.29, 0.717) is 29.2 Å². The molecule has 3 N–H and O–H groups in total. The number of hydrazone groups is 1. The lowest BCUT2D eigenvalue weighted by atomic mass is 10.2. The third-order valence-electron chi connectivity index (χ3n) is 4.39. The Balaban J connectivity index is 1.62. The molecule has 8 nitrogen and oxygen atoms in total. The molecule has 3 rings (SSSR count). The van der Waals surface area contributed by atoms with E-state index in [2.05, 4.69) is 15.2 Å². The van der Waals surface area contributed by atoms with E-state index in [1.807, 2.05) is 6.92 Å². The number of benzene rings is 3. The minimum atomic E-state index is -3.72. The second-order valence-corrected chi connectivity index (χ2v) is 8.54. The van der Waals surface area contributed by atoms with E-state index in [9.17, 15) is 18.3 Å². The van der Waals surface area contributed by atoms with Crippen LogP contribution in [0, 0.1) is 6.92 Å². The number of phenolic OH excluding ortho intramolecular Hbond substituents is 1. The van der Waals surface area contributed by atoms with Crippen LogP contribution < -0.4 is 14.9 Å². The van der Waals surface area contributed by atoms with Crippen LogP contribution in [0.2, 0.25) is 0 Å². The summed E-state index contributed by atoms with van der Waals surface area (Å²) in [6.07, 6.45) is 1.42. The van der Waals surface area contributed by atoms with Gasteiger partial charge in [0.1, 0.15) is 0 Å². The standard InChI is InChI=1S/C23H23N3O5S/c1-3-31-22-14-17(6-13-21(22)27)15-24-25-23(28)18-7-9-19(10-8-18)26-32(29,30)20-11-4-16(2)5-12-20/h4-15,26-27H,3H2,1-2H3,(H,25,28)/b24-15+. The van der Waals surface area contributed by atoms with E-state index in [1.54, 1.807) is 31.2 Å². The first kappa shape index (κ1) is 22.8. The summed E-state index contributed by atoms with van der Waals surface area (Å²) in [6, 6.07) is 17.2. The van der Waals surface area contributed by atoms with Crippen LogP contribution in [0.5, 0.6) is 11.5 Å². The van der Waals surface area contributed by atoms with Gasteiger partial charge in [0.2, 0.25) is 0 Å². The summed E-state index contributed by atoms with van der Waals surface area (Å²) in [5, 5.41) is 13.6. The molecule has 0 heterocycles. The number of nitrogens with one attached hydrogen (secondary N) is 2. The van der Waals surface area contributed by atoms with Crippen LogP contribution in [0.3, 0.4) is 0 Å². The first-order valence-corrected chi connectivity index (χ1v) is 11.3. The molecule has 166 valence electrons. The summed E-state index contributed by atoms with van der Waals surface area (Å²) in [5.41, 5.74) is 4.63. The van der Waals surface area contributed by atoms with E-state index >= 15 is 0 Å². The highest BCUT2D eigenvalue weighted by Gasteiger charge is 2.14. The minimum absolute atomic E-state index is 0.0196. The van der Waals surface area contributed by atoms with Gasteiger partial charge in [-0.15, -0.1) is 0 Å². The SMILES string of the molecule is CCOc1cc(/C=N/NC(=O)c2ccc(NS(=O)(=O)c3ccc(C)cc3)cc2)ccc1O. The number of aryl methyl sites for hydroxylation is 1. The van der Waals surface area contributed by atoms with Crippen molar-refractivity contribution >= 4 is 27.8 Å². The van der Waals surface area contributed by atoms with Crippen LogP contribution >= 0.6 is 0 Å². The Kier molecular flexibility index (Phi) is 7.11. The molecule has 0 aliphatic rings. The Hall–Kier alpha value is -3.85. The van der Waals surface area contributed by atoms with Gasteiger partial charge in [0.25, 0.3) is 15.9 Å². The van der Waals surface area contributed by atoms with Crippen molar-refractivity contribution < 1.29 is 23.1 Å². The van der Waals surface area contributed by atoms with Crippen LogP contribution in [0.1, 0.15) is 28.4 Å². The smallest absolute Gasteiger partial charge is 0.271 e. The molecule has 0 radical (unpaired) electrons. The number of aromatic hydroxyl groups is 1. The van der Waals surface area contributed by atoms with Gasteiger partial charge in [0.15, 0.2) is 11.5 Å². The second kappa shape index (κ2) is 9.97. The molecule has 0 spiro atoms. The molecule has 0 aliphatic carbocycles. The first-order valence-electron chi connectivity index (χ1n) is 9.77. The molecule has 0 saturated carbocycles. The van der Waals surface area contributed by atoms with Crippen molar-refractivity contribution in [3.63, 3.8) is 0 Å². The zero-order valence-electron chi connectivity index (χ0n) is 17.6. The van der Waals surface area contributed by atoms with Crippen LogP contribution in [0.4, 0.5) is 5.69 Å². The number of nitrogens with zero attached hydrogens (tertiary/aromatic N) is 1. The van der Waals surface area contributed by atoms with Crippen molar-refractivity contribution in [3.8, 4) is 11.5 Å². The fourth-order valence-electron chi connectivity index (χ4n) is 2.73. The van der Waals surface area contributed by atoms with E-state index in [0.717, 1.165) is 5.56 Å². The molecular weight excluding hydrogens is 430 g/mol. The van der Waals surface area contributed by atoms with Crippen molar-refractivity contribution in [1.29, 1.82) is 0 Å². The highest BCUT2D eigenvalue weighted by atomic mass is 32.2. The van der Waals surface area contributed by atoms with Gasteiger partial charge in [-0.1, -0.05) is 17.7 Å². The maximum Gasteiger partial charge on any atom is 0.271 e. The average molecular weight is 454 g/mol. The van der Waals surface area contributed by atoms with Gasteiger partial charge >= 0.3 is 0 Å². The number of hydrogen-bond donors (Lipinski definition) is 3. The predicted molar refractivity (Wildman–Crippen MR) is 123 cm³/mol. The van der Waals surface area contributed by atoms with Crippen molar-refractivity contribution in [1.82, 2.24) is 5.43 Å². The fraction of sp³-hybridized carbons (Fsp3) is 0.130. The molecule has 0 saturated heterocycles. The van der Waals surface area contributed by atoms with Crippen LogP contribution in [0.25, 0.3) is 0 Å². The maximum absolute atomic E-state index is 12.5. The first-order chi connectivity index (χ1) is 15.3. The normalized spacial score (nSPS) is 11.3. The lowest BCUT2D eigenvalue weighted by Gasteiger charge is -2.09. The molecule has 0 atom stereocenters. The van der Waals surface area contributed by atoms with Crippen molar-refractivity contribution in [3.05, 3.63) is 83.4 Å². The molecule has 9 heteroatoms. The minimum Gasteiger partial charge on any atom is -0.504 e. The lowest BCUT2D eigenvalue weighted by molar-refractivity contribution is 0.0955. The summed E-state index contributed by atoms with van der Waals surface area (Å²) < 4.78 is 32.7. The molecule has 3 aromatic rings. The molecule has 0 aromatic heterocycles. The zero-order valence-corrected chi connectivity index (χ0v) is 18.4. The van der Waals surface area contributed by atoms with Gasteiger partial charge in [0.05, 0.1) is 17.7 Å². The van der Waals surface area contributed by atoms with E-state index in [-0.39, 0.29) is 10.6 Å². The molecular formula is C23H23N3O5S. The summed E-state index contributed by atoms with van der Waals surface area (Å²) in [5.74, 6) is -0.115. The van der Waals surface area contributed by atoms with Gasteiger partial charge in [-0.05, 0) is 74.0 Å². The Morgan fingerprint density at radius 3 is 2.41 bits per heavy atom. The maximum atomic E-state index is 12.5. The summed E-state index contributed by atoms with van der Waals surface area (Å²) in [6.45, 7) is 4.08. The summed E-state index contributed by atoms with van der Waals surface area (Å²) in [7, 11) is -3.72. The van der Waals surface area contributed by atoms with Gasteiger partial charge in [-0.2, -0.15) is 5.10 Å². The van der Waals surface area contributed by atoms with Crippen LogP contribution in [-0.4, -0.2) is 32.3 Å². The number of amides is 1. The number of phenols is 1. The fourth-order valence-corrected chi connectivity index (χ4v) is 3.79. The van der Waals surface area contributed by atoms with Gasteiger partial charge in [0, 0.05) is 11.3 Å². The van der Waals surface area contributed by atoms with Crippen molar-refractivity contribution in [2.45, 2.75) is 18.7 Å². The Bertz CT molecular complexity index is 1220. The predicted octanol–water partition coefficient (Wildman–Crippen LogP) is 3.66. The Labute approximate surface area is 186 Å². The molecule has 1 amide bonds. The van der Waals surface area contributed by atoms with Crippen molar-refractivity contribution in [2.24, 2.45) is 5.10 Å². The average Bonchev–Trinajstić information content (AvgIpc) is 2.76. The largest absolute Gasteiger partial charge is 0.504 e. The molecule has 0 fully saturated rings. The molecule has 0 aliphatic heterocycles. The highest BCUT2D eigenvalue weighted by molar-refractivity contribution is 7.92. The van der Waals surface area contributed by atoms with E-state index in [4.69, 9.17) is 4.74 Å². The van der Waals surface area contributed by atoms with Gasteiger partial charge < -0.3 is 9.84 Å². The molecule has 0 bridgehead atoms. The summed E-state index contributed by atoms with van der Waals surface area (Å²) >= 11 is 0. The Morgan fingerprint density at radius 1 is 1.06 bits per heavy atom. The number of sulfonamides is 1. The number of ether oxygens (including phenoxy) is 1. The van der Waals surface area contributed by atoms with Crippen molar-refractivity contribution in [2.75, 3.05) is 11.3 Å². The van der Waals surface area contributed by atoms with E-state index < -0.39 is 15.9 Å². The monoisotopic (exact) mass is 453 g/mol. The lowest BCUT2D eigenvalue weighted by Crippen LogP contribution is -2.18. The van der Waals surface area contributed by atoms with Gasteiger partial charge in [-0.3, -0.25) is 9.52 Å². The molecule has 3 aromatic carbocycles. The number of carbonyl (C=O) groups excluding carboxylic acids is 1. The third-order valence-corrected chi connectivity index (χ3v) is 5.79. The summed E-state index contributed by atoms with van der Waals surface area (Å²) in [4.78, 5) is 12.4. The van der Waals surface area contributed by atoms with Gasteiger partial charge in [-0.25, -0.2) is 13.8 Å². The zero-order chi connectivity index (χ0) is 23.1. The Morgan fingerprint density at radius 2 is 1.75 bits per heavy atom. The van der Waals surface area contributed by atoms with Crippen LogP contribution in [0.15, 0.2) is 76.7 Å².